The van der Waals surface area contributed by atoms with Gasteiger partial charge in [0.2, 0.25) is 0 Å². The summed E-state index contributed by atoms with van der Waals surface area (Å²) in [5, 5.41) is 8.40. The number of rotatable bonds is 5. The molecule has 1 N–H and O–H groups in total. The summed E-state index contributed by atoms with van der Waals surface area (Å²) in [6.07, 6.45) is 7.37. The predicted octanol–water partition coefficient (Wildman–Crippen LogP) is 3.12. The lowest BCUT2D eigenvalue weighted by atomic mass is 10.0. The van der Waals surface area contributed by atoms with E-state index in [0.29, 0.717) is 17.7 Å². The molecule has 0 bridgehead atoms. The summed E-state index contributed by atoms with van der Waals surface area (Å²) in [7, 11) is 0. The van der Waals surface area contributed by atoms with Crippen LogP contribution in [0.15, 0.2) is 6.07 Å². The molecule has 0 unspecified atom stereocenters. The summed E-state index contributed by atoms with van der Waals surface area (Å²) in [6, 6.07) is 2.64. The highest BCUT2D eigenvalue weighted by molar-refractivity contribution is 5.92. The van der Waals surface area contributed by atoms with Gasteiger partial charge in [0.15, 0.2) is 5.69 Å². The molecular formula is C20H32N4O. The normalized spacial score (nSPS) is 22.4. The first-order valence-corrected chi connectivity index (χ1v) is 10.0. The minimum atomic E-state index is -0.0732. The van der Waals surface area contributed by atoms with Crippen LogP contribution >= 0.6 is 0 Å². The molecule has 2 saturated carbocycles. The minimum Gasteiger partial charge on any atom is -0.337 e. The molecule has 4 rings (SSSR count). The Kier molecular flexibility index (Phi) is 4.38. The van der Waals surface area contributed by atoms with E-state index < -0.39 is 0 Å². The van der Waals surface area contributed by atoms with E-state index in [1.165, 1.54) is 37.9 Å². The van der Waals surface area contributed by atoms with Crippen molar-refractivity contribution in [1.29, 1.82) is 0 Å². The molecule has 1 amide bonds. The lowest BCUT2D eigenvalue weighted by Gasteiger charge is -2.32. The zero-order valence-electron chi connectivity index (χ0n) is 15.9. The Morgan fingerprint density at radius 3 is 2.40 bits per heavy atom. The van der Waals surface area contributed by atoms with Crippen molar-refractivity contribution < 1.29 is 4.79 Å². The maximum Gasteiger partial charge on any atom is 0.274 e. The highest BCUT2D eigenvalue weighted by Gasteiger charge is 2.34. The van der Waals surface area contributed by atoms with Crippen molar-refractivity contribution in [2.24, 2.45) is 5.92 Å². The van der Waals surface area contributed by atoms with Gasteiger partial charge in [0.1, 0.15) is 0 Å². The van der Waals surface area contributed by atoms with E-state index in [1.54, 1.807) is 0 Å². The van der Waals surface area contributed by atoms with Crippen LogP contribution in [0.2, 0.25) is 0 Å². The number of hydrogen-bond acceptors (Lipinski definition) is 3. The summed E-state index contributed by atoms with van der Waals surface area (Å²) in [5.41, 5.74) is 1.81. The standard InChI is InChI=1S/C20H32N4O/c1-20(2,3)24-18(15-6-7-15)12-17(22-24)19(25)23-10-8-16(9-11-23)21-13-14-4-5-14/h12,14-16,21H,4-11,13H2,1-3H3. The van der Waals surface area contributed by atoms with Crippen LogP contribution in [-0.2, 0) is 5.54 Å². The summed E-state index contributed by atoms with van der Waals surface area (Å²) in [6.45, 7) is 9.36. The molecular weight excluding hydrogens is 312 g/mol. The van der Waals surface area contributed by atoms with Crippen LogP contribution in [0.25, 0.3) is 0 Å². The largest absolute Gasteiger partial charge is 0.337 e. The number of nitrogens with zero attached hydrogens (tertiary/aromatic N) is 3. The second kappa shape index (κ2) is 6.42. The number of aromatic nitrogens is 2. The number of carbonyl (C=O) groups is 1. The molecule has 2 aliphatic carbocycles. The predicted molar refractivity (Wildman–Crippen MR) is 98.9 cm³/mol. The Bertz CT molecular complexity index is 629. The van der Waals surface area contributed by atoms with Gasteiger partial charge in [0.05, 0.1) is 5.54 Å². The van der Waals surface area contributed by atoms with Gasteiger partial charge in [-0.3, -0.25) is 9.48 Å². The average Bonchev–Trinajstić information content (AvgIpc) is 3.50. The molecule has 0 radical (unpaired) electrons. The van der Waals surface area contributed by atoms with Crippen molar-refractivity contribution in [3.63, 3.8) is 0 Å². The SMILES string of the molecule is CC(C)(C)n1nc(C(=O)N2CCC(NCC3CC3)CC2)cc1C1CC1. The molecule has 2 heterocycles. The first-order chi connectivity index (χ1) is 11.9. The van der Waals surface area contributed by atoms with Crippen LogP contribution in [0.1, 0.15) is 81.4 Å². The van der Waals surface area contributed by atoms with E-state index in [0.717, 1.165) is 31.8 Å². The zero-order valence-corrected chi connectivity index (χ0v) is 15.9. The molecule has 1 saturated heterocycles. The third kappa shape index (κ3) is 3.91. The monoisotopic (exact) mass is 344 g/mol. The van der Waals surface area contributed by atoms with Gasteiger partial charge >= 0.3 is 0 Å². The molecule has 0 aromatic carbocycles. The first-order valence-electron chi connectivity index (χ1n) is 10.0. The van der Waals surface area contributed by atoms with Crippen LogP contribution in [0.4, 0.5) is 0 Å². The van der Waals surface area contributed by atoms with Gasteiger partial charge in [-0.1, -0.05) is 0 Å². The average molecular weight is 345 g/mol. The molecule has 25 heavy (non-hydrogen) atoms. The Balaban J connectivity index is 1.39. The Morgan fingerprint density at radius 2 is 1.84 bits per heavy atom. The van der Waals surface area contributed by atoms with E-state index in [9.17, 15) is 4.79 Å². The van der Waals surface area contributed by atoms with E-state index in [-0.39, 0.29) is 11.4 Å². The van der Waals surface area contributed by atoms with Crippen LogP contribution in [0.5, 0.6) is 0 Å². The maximum absolute atomic E-state index is 12.9. The maximum atomic E-state index is 12.9. The lowest BCUT2D eigenvalue weighted by molar-refractivity contribution is 0.0697. The fourth-order valence-corrected chi connectivity index (χ4v) is 3.81. The molecule has 5 heteroatoms. The zero-order chi connectivity index (χ0) is 17.6. The molecule has 1 aromatic heterocycles. The Labute approximate surface area is 151 Å². The van der Waals surface area contributed by atoms with E-state index in [1.807, 2.05) is 4.90 Å². The fourth-order valence-electron chi connectivity index (χ4n) is 3.81. The third-order valence-corrected chi connectivity index (χ3v) is 5.76. The molecule has 0 atom stereocenters. The third-order valence-electron chi connectivity index (χ3n) is 5.76. The van der Waals surface area contributed by atoms with Gasteiger partial charge in [-0.05, 0) is 77.8 Å². The minimum absolute atomic E-state index is 0.0732. The Morgan fingerprint density at radius 1 is 1.16 bits per heavy atom. The van der Waals surface area contributed by atoms with Crippen molar-refractivity contribution >= 4 is 5.91 Å². The number of amides is 1. The highest BCUT2D eigenvalue weighted by Crippen LogP contribution is 2.41. The van der Waals surface area contributed by atoms with E-state index in [2.05, 4.69) is 36.8 Å². The molecule has 5 nitrogen and oxygen atoms in total. The van der Waals surface area contributed by atoms with Gasteiger partial charge in [-0.25, -0.2) is 0 Å². The van der Waals surface area contributed by atoms with Gasteiger partial charge in [-0.2, -0.15) is 5.10 Å². The number of likely N-dealkylation sites (tertiary alicyclic amines) is 1. The van der Waals surface area contributed by atoms with Crippen LogP contribution in [-0.4, -0.2) is 46.3 Å². The van der Waals surface area contributed by atoms with Crippen LogP contribution in [0, 0.1) is 5.92 Å². The van der Waals surface area contributed by atoms with Crippen molar-refractivity contribution in [1.82, 2.24) is 20.0 Å². The lowest BCUT2D eigenvalue weighted by Crippen LogP contribution is -2.45. The number of piperidine rings is 1. The van der Waals surface area contributed by atoms with Crippen molar-refractivity contribution in [2.45, 2.75) is 76.8 Å². The highest BCUT2D eigenvalue weighted by atomic mass is 16.2. The first kappa shape index (κ1) is 17.1. The van der Waals surface area contributed by atoms with E-state index in [4.69, 9.17) is 5.10 Å². The fraction of sp³-hybridized carbons (Fsp3) is 0.800. The summed E-state index contributed by atoms with van der Waals surface area (Å²) in [4.78, 5) is 14.9. The quantitative estimate of drug-likeness (QED) is 0.893. The second-order valence-electron chi connectivity index (χ2n) is 9.23. The summed E-state index contributed by atoms with van der Waals surface area (Å²) < 4.78 is 2.09. The smallest absolute Gasteiger partial charge is 0.274 e. The Hall–Kier alpha value is -1.36. The summed E-state index contributed by atoms with van der Waals surface area (Å²) in [5.74, 6) is 1.64. The van der Waals surface area contributed by atoms with Gasteiger partial charge < -0.3 is 10.2 Å². The number of nitrogens with one attached hydrogen (secondary N) is 1. The molecule has 3 aliphatic rings. The van der Waals surface area contributed by atoms with Gasteiger partial charge in [0, 0.05) is 30.7 Å². The van der Waals surface area contributed by atoms with Crippen LogP contribution in [0.3, 0.4) is 0 Å². The van der Waals surface area contributed by atoms with E-state index >= 15 is 0 Å². The topological polar surface area (TPSA) is 50.2 Å². The second-order valence-corrected chi connectivity index (χ2v) is 9.23. The molecule has 1 aromatic rings. The molecule has 1 aliphatic heterocycles. The number of carbonyl (C=O) groups excluding carboxylic acids is 1. The van der Waals surface area contributed by atoms with Crippen molar-refractivity contribution in [2.75, 3.05) is 19.6 Å². The molecule has 138 valence electrons. The van der Waals surface area contributed by atoms with Crippen molar-refractivity contribution in [3.8, 4) is 0 Å². The molecule has 3 fully saturated rings. The number of hydrogen-bond donors (Lipinski definition) is 1. The van der Waals surface area contributed by atoms with Gasteiger partial charge in [0.25, 0.3) is 5.91 Å². The van der Waals surface area contributed by atoms with Gasteiger partial charge in [-0.15, -0.1) is 0 Å². The van der Waals surface area contributed by atoms with Crippen LogP contribution < -0.4 is 5.32 Å². The summed E-state index contributed by atoms with van der Waals surface area (Å²) >= 11 is 0. The van der Waals surface area contributed by atoms with Crippen molar-refractivity contribution in [3.05, 3.63) is 17.5 Å². The molecule has 0 spiro atoms.